The number of aromatic nitrogens is 2. The molecule has 0 saturated heterocycles. The number of carboxylic acids is 1. The van der Waals surface area contributed by atoms with E-state index in [1.807, 2.05) is 11.5 Å². The van der Waals surface area contributed by atoms with Crippen LogP contribution in [-0.4, -0.2) is 38.7 Å². The summed E-state index contributed by atoms with van der Waals surface area (Å²) in [5.41, 5.74) is 0. The number of amides is 2. The lowest BCUT2D eigenvalue weighted by Gasteiger charge is -2.16. The van der Waals surface area contributed by atoms with Gasteiger partial charge in [-0.25, -0.2) is 9.78 Å². The van der Waals surface area contributed by atoms with Crippen molar-refractivity contribution in [2.45, 2.75) is 32.5 Å². The van der Waals surface area contributed by atoms with Crippen molar-refractivity contribution in [1.82, 2.24) is 20.2 Å². The van der Waals surface area contributed by atoms with Gasteiger partial charge in [0.15, 0.2) is 0 Å². The molecule has 0 spiro atoms. The summed E-state index contributed by atoms with van der Waals surface area (Å²) in [6.07, 6.45) is 5.09. The van der Waals surface area contributed by atoms with Crippen LogP contribution >= 0.6 is 0 Å². The molecule has 0 fully saturated rings. The number of imidazole rings is 1. The predicted octanol–water partition coefficient (Wildman–Crippen LogP) is 0.0439. The smallest absolute Gasteiger partial charge is 0.325 e. The lowest BCUT2D eigenvalue weighted by Crippen LogP contribution is -2.48. The van der Waals surface area contributed by atoms with Crippen molar-refractivity contribution in [3.8, 4) is 0 Å². The first-order chi connectivity index (χ1) is 7.99. The van der Waals surface area contributed by atoms with E-state index in [0.29, 0.717) is 6.54 Å². The highest BCUT2D eigenvalue weighted by atomic mass is 16.4. The normalized spacial score (nSPS) is 13.8. The van der Waals surface area contributed by atoms with Crippen LogP contribution in [0.25, 0.3) is 0 Å². The largest absolute Gasteiger partial charge is 0.480 e. The molecule has 2 atom stereocenters. The summed E-state index contributed by atoms with van der Waals surface area (Å²) in [5.74, 6) is -1.07. The summed E-state index contributed by atoms with van der Waals surface area (Å²) >= 11 is 0. The molecule has 2 amide bonds. The van der Waals surface area contributed by atoms with E-state index in [0.717, 1.165) is 0 Å². The van der Waals surface area contributed by atoms with E-state index < -0.39 is 18.0 Å². The molecule has 0 saturated carbocycles. The van der Waals surface area contributed by atoms with Crippen LogP contribution in [0.1, 0.15) is 13.8 Å². The minimum absolute atomic E-state index is 0.120. The molecule has 0 aliphatic rings. The molecule has 17 heavy (non-hydrogen) atoms. The van der Waals surface area contributed by atoms with Gasteiger partial charge in [0.1, 0.15) is 6.04 Å². The highest BCUT2D eigenvalue weighted by Gasteiger charge is 2.15. The molecule has 94 valence electrons. The molecule has 0 radical (unpaired) electrons. The molecule has 7 nitrogen and oxygen atoms in total. The van der Waals surface area contributed by atoms with E-state index in [1.54, 1.807) is 18.7 Å². The van der Waals surface area contributed by atoms with Gasteiger partial charge in [-0.2, -0.15) is 0 Å². The van der Waals surface area contributed by atoms with Gasteiger partial charge in [0, 0.05) is 25.0 Å². The lowest BCUT2D eigenvalue weighted by atomic mass is 10.3. The number of carbonyl (C=O) groups is 2. The molecule has 3 N–H and O–H groups in total. The Balaban J connectivity index is 2.33. The van der Waals surface area contributed by atoms with Gasteiger partial charge in [-0.05, 0) is 13.8 Å². The van der Waals surface area contributed by atoms with Crippen molar-refractivity contribution >= 4 is 12.0 Å². The Bertz CT molecular complexity index is 377. The molecule has 1 unspecified atom stereocenters. The Morgan fingerprint density at radius 1 is 1.41 bits per heavy atom. The second-order valence-corrected chi connectivity index (χ2v) is 3.84. The number of nitrogens with zero attached hydrogens (tertiary/aromatic N) is 2. The Hall–Kier alpha value is -2.05. The van der Waals surface area contributed by atoms with Gasteiger partial charge >= 0.3 is 12.0 Å². The van der Waals surface area contributed by atoms with Crippen molar-refractivity contribution in [2.24, 2.45) is 0 Å². The Morgan fingerprint density at radius 3 is 2.65 bits per heavy atom. The zero-order valence-electron chi connectivity index (χ0n) is 9.75. The maximum atomic E-state index is 11.4. The van der Waals surface area contributed by atoms with Crippen LogP contribution in [0.5, 0.6) is 0 Å². The summed E-state index contributed by atoms with van der Waals surface area (Å²) in [6, 6.07) is -1.52. The van der Waals surface area contributed by atoms with Crippen LogP contribution in [0.4, 0.5) is 4.79 Å². The summed E-state index contributed by atoms with van der Waals surface area (Å²) in [7, 11) is 0. The Labute approximate surface area is 98.8 Å². The van der Waals surface area contributed by atoms with Gasteiger partial charge in [0.25, 0.3) is 0 Å². The van der Waals surface area contributed by atoms with Gasteiger partial charge in [-0.3, -0.25) is 4.79 Å². The first kappa shape index (κ1) is 13.0. The van der Waals surface area contributed by atoms with Crippen LogP contribution in [0.3, 0.4) is 0 Å². The number of rotatable bonds is 5. The topological polar surface area (TPSA) is 96.3 Å². The molecule has 1 aromatic rings. The van der Waals surface area contributed by atoms with Gasteiger partial charge in [0.05, 0.1) is 6.33 Å². The second kappa shape index (κ2) is 5.88. The van der Waals surface area contributed by atoms with Crippen LogP contribution in [0.15, 0.2) is 18.7 Å². The number of hydrogen-bond acceptors (Lipinski definition) is 3. The van der Waals surface area contributed by atoms with Crippen LogP contribution in [0, 0.1) is 0 Å². The van der Waals surface area contributed by atoms with Crippen molar-refractivity contribution in [1.29, 1.82) is 0 Å². The maximum Gasteiger partial charge on any atom is 0.325 e. The minimum atomic E-state index is -1.07. The van der Waals surface area contributed by atoms with Crippen molar-refractivity contribution in [3.05, 3.63) is 18.7 Å². The Morgan fingerprint density at radius 2 is 2.12 bits per heavy atom. The van der Waals surface area contributed by atoms with Crippen molar-refractivity contribution < 1.29 is 14.7 Å². The molecule has 0 aromatic carbocycles. The quantitative estimate of drug-likeness (QED) is 0.677. The number of urea groups is 1. The summed E-state index contributed by atoms with van der Waals surface area (Å²) in [6.45, 7) is 3.81. The van der Waals surface area contributed by atoms with Gasteiger partial charge in [-0.1, -0.05) is 0 Å². The summed E-state index contributed by atoms with van der Waals surface area (Å²) in [4.78, 5) is 25.8. The van der Waals surface area contributed by atoms with Gasteiger partial charge in [0.2, 0.25) is 0 Å². The zero-order valence-corrected chi connectivity index (χ0v) is 9.75. The number of aliphatic carboxylic acids is 1. The van der Waals surface area contributed by atoms with Crippen molar-refractivity contribution in [3.63, 3.8) is 0 Å². The van der Waals surface area contributed by atoms with E-state index in [-0.39, 0.29) is 6.04 Å². The molecule has 0 bridgehead atoms. The number of hydrogen-bond donors (Lipinski definition) is 3. The van der Waals surface area contributed by atoms with E-state index in [9.17, 15) is 9.59 Å². The molecule has 0 aliphatic heterocycles. The Kier molecular flexibility index (Phi) is 4.50. The van der Waals surface area contributed by atoms with Crippen LogP contribution in [0.2, 0.25) is 0 Å². The minimum Gasteiger partial charge on any atom is -0.480 e. The highest BCUT2D eigenvalue weighted by Crippen LogP contribution is 1.91. The van der Waals surface area contributed by atoms with E-state index >= 15 is 0 Å². The highest BCUT2D eigenvalue weighted by molar-refractivity contribution is 5.82. The number of nitrogens with one attached hydrogen (secondary N) is 2. The molecule has 1 rings (SSSR count). The molecular formula is C10H16N4O3. The average Bonchev–Trinajstić information content (AvgIpc) is 2.69. The molecule has 0 aliphatic carbocycles. The van der Waals surface area contributed by atoms with Gasteiger partial charge in [-0.15, -0.1) is 0 Å². The third-order valence-corrected chi connectivity index (χ3v) is 2.14. The molecule has 1 heterocycles. The standard InChI is InChI=1S/C10H16N4O3/c1-7(5-14-4-3-11-6-14)12-10(17)13-8(2)9(15)16/h3-4,6-8H,5H2,1-2H3,(H,15,16)(H2,12,13,17)/t7?,8-/m0/s1. The SMILES string of the molecule is CC(Cn1ccnc1)NC(=O)N[C@@H](C)C(=O)O. The van der Waals surface area contributed by atoms with Crippen LogP contribution in [-0.2, 0) is 11.3 Å². The fourth-order valence-electron chi connectivity index (χ4n) is 1.28. The maximum absolute atomic E-state index is 11.4. The summed E-state index contributed by atoms with van der Waals surface area (Å²) < 4.78 is 1.82. The number of carbonyl (C=O) groups excluding carboxylic acids is 1. The summed E-state index contributed by atoms with van der Waals surface area (Å²) in [5, 5.41) is 13.6. The van der Waals surface area contributed by atoms with Gasteiger partial charge < -0.3 is 20.3 Å². The fourth-order valence-corrected chi connectivity index (χ4v) is 1.28. The van der Waals surface area contributed by atoms with Crippen molar-refractivity contribution in [2.75, 3.05) is 0 Å². The third kappa shape index (κ3) is 4.54. The molecule has 1 aromatic heterocycles. The first-order valence-electron chi connectivity index (χ1n) is 5.24. The van der Waals surface area contributed by atoms with E-state index in [4.69, 9.17) is 5.11 Å². The fraction of sp³-hybridized carbons (Fsp3) is 0.500. The lowest BCUT2D eigenvalue weighted by molar-refractivity contribution is -0.138. The third-order valence-electron chi connectivity index (χ3n) is 2.14. The predicted molar refractivity (Wildman–Crippen MR) is 60.5 cm³/mol. The average molecular weight is 240 g/mol. The molecular weight excluding hydrogens is 224 g/mol. The first-order valence-corrected chi connectivity index (χ1v) is 5.24. The van der Waals surface area contributed by atoms with E-state index in [1.165, 1.54) is 6.92 Å². The number of carboxylic acid groups (broad SMARTS) is 1. The van der Waals surface area contributed by atoms with E-state index in [2.05, 4.69) is 15.6 Å². The molecule has 7 heteroatoms. The zero-order chi connectivity index (χ0) is 12.8. The second-order valence-electron chi connectivity index (χ2n) is 3.84. The van der Waals surface area contributed by atoms with Crippen LogP contribution < -0.4 is 10.6 Å². The monoisotopic (exact) mass is 240 g/mol.